The van der Waals surface area contributed by atoms with Gasteiger partial charge in [0, 0.05) is 49.7 Å². The van der Waals surface area contributed by atoms with Gasteiger partial charge >= 0.3 is 5.97 Å². The third-order valence-electron chi connectivity index (χ3n) is 5.14. The first-order valence-corrected chi connectivity index (χ1v) is 9.80. The zero-order chi connectivity index (χ0) is 17.9. The Hall–Kier alpha value is -1.96. The third-order valence-corrected chi connectivity index (χ3v) is 6.19. The molecule has 0 spiro atoms. The maximum absolute atomic E-state index is 11.7. The van der Waals surface area contributed by atoms with Crippen molar-refractivity contribution >= 4 is 22.4 Å². The second-order valence-corrected chi connectivity index (χ2v) is 7.96. The van der Waals surface area contributed by atoms with E-state index in [9.17, 15) is 9.90 Å². The molecule has 0 bridgehead atoms. The lowest BCUT2D eigenvalue weighted by atomic mass is 9.89. The molecule has 2 fully saturated rings. The zero-order valence-corrected chi connectivity index (χ0v) is 15.4. The molecule has 26 heavy (non-hydrogen) atoms. The number of morpholine rings is 1. The number of rotatable bonds is 5. The summed E-state index contributed by atoms with van der Waals surface area (Å²) in [6.07, 6.45) is 1.93. The Bertz CT molecular complexity index is 745. The maximum Gasteiger partial charge on any atom is 0.308 e. The fraction of sp³-hybridized carbons (Fsp3) is 0.474. The summed E-state index contributed by atoms with van der Waals surface area (Å²) in [5.74, 6) is -1.02. The van der Waals surface area contributed by atoms with Gasteiger partial charge < -0.3 is 14.7 Å². The summed E-state index contributed by atoms with van der Waals surface area (Å²) in [4.78, 5) is 22.0. The summed E-state index contributed by atoms with van der Waals surface area (Å²) in [6, 6.07) is 10.0. The van der Waals surface area contributed by atoms with E-state index in [2.05, 4.69) is 14.8 Å². The molecule has 2 aliphatic rings. The van der Waals surface area contributed by atoms with Gasteiger partial charge in [-0.25, -0.2) is 4.98 Å². The lowest BCUT2D eigenvalue weighted by Gasteiger charge is -2.26. The highest BCUT2D eigenvalue weighted by Crippen LogP contribution is 2.34. The van der Waals surface area contributed by atoms with E-state index in [1.165, 1.54) is 4.88 Å². The molecule has 138 valence electrons. The number of ether oxygens (including phenoxy) is 1. The zero-order valence-electron chi connectivity index (χ0n) is 14.6. The molecule has 0 saturated carbocycles. The smallest absolute Gasteiger partial charge is 0.308 e. The highest BCUT2D eigenvalue weighted by Gasteiger charge is 2.38. The van der Waals surface area contributed by atoms with Crippen LogP contribution in [0.1, 0.15) is 16.4 Å². The summed E-state index contributed by atoms with van der Waals surface area (Å²) in [7, 11) is 0. The second-order valence-electron chi connectivity index (χ2n) is 6.86. The Labute approximate surface area is 157 Å². The Balaban J connectivity index is 1.44. The van der Waals surface area contributed by atoms with Crippen molar-refractivity contribution in [3.63, 3.8) is 0 Å². The van der Waals surface area contributed by atoms with Crippen molar-refractivity contribution in [2.24, 2.45) is 5.92 Å². The molecule has 4 rings (SSSR count). The number of carboxylic acid groups (broad SMARTS) is 1. The van der Waals surface area contributed by atoms with E-state index >= 15 is 0 Å². The lowest BCUT2D eigenvalue weighted by Crippen LogP contribution is -2.36. The summed E-state index contributed by atoms with van der Waals surface area (Å²) in [5, 5.41) is 10.7. The summed E-state index contributed by atoms with van der Waals surface area (Å²) < 4.78 is 5.40. The van der Waals surface area contributed by atoms with Crippen LogP contribution in [0.4, 0.5) is 5.13 Å². The summed E-state index contributed by atoms with van der Waals surface area (Å²) in [5.41, 5.74) is 1.11. The van der Waals surface area contributed by atoms with Crippen LogP contribution in [0.5, 0.6) is 0 Å². The van der Waals surface area contributed by atoms with Crippen LogP contribution >= 0.6 is 11.3 Å². The van der Waals surface area contributed by atoms with Gasteiger partial charge in [-0.15, -0.1) is 11.3 Å². The predicted molar refractivity (Wildman–Crippen MR) is 101 cm³/mol. The van der Waals surface area contributed by atoms with Crippen LogP contribution in [0.2, 0.25) is 0 Å². The molecule has 2 atom stereocenters. The van der Waals surface area contributed by atoms with Crippen molar-refractivity contribution in [3.8, 4) is 0 Å². The van der Waals surface area contributed by atoms with Gasteiger partial charge in [-0.05, 0) is 5.56 Å². The van der Waals surface area contributed by atoms with Gasteiger partial charge in [-0.1, -0.05) is 30.3 Å². The van der Waals surface area contributed by atoms with Crippen molar-refractivity contribution in [1.29, 1.82) is 0 Å². The number of benzene rings is 1. The van der Waals surface area contributed by atoms with Crippen molar-refractivity contribution in [3.05, 3.63) is 47.0 Å². The highest BCUT2D eigenvalue weighted by molar-refractivity contribution is 7.15. The number of carbonyl (C=O) groups is 1. The van der Waals surface area contributed by atoms with E-state index in [1.807, 2.05) is 36.5 Å². The van der Waals surface area contributed by atoms with Gasteiger partial charge in [0.05, 0.1) is 19.1 Å². The largest absolute Gasteiger partial charge is 0.481 e. The number of hydrogen-bond donors (Lipinski definition) is 1. The molecule has 1 aromatic heterocycles. The molecular weight excluding hydrogens is 350 g/mol. The SMILES string of the molecule is O=C(O)[C@@H]1CN(Cc2cnc(N3CCOCC3)s2)C[C@H]1c1ccccc1. The number of anilines is 1. The van der Waals surface area contributed by atoms with Crippen LogP contribution in [-0.4, -0.2) is 60.4 Å². The van der Waals surface area contributed by atoms with Gasteiger partial charge in [-0.3, -0.25) is 9.69 Å². The average molecular weight is 373 g/mol. The number of thiazole rings is 1. The molecule has 2 aromatic rings. The van der Waals surface area contributed by atoms with Crippen molar-refractivity contribution < 1.29 is 14.6 Å². The number of aromatic nitrogens is 1. The fourth-order valence-corrected chi connectivity index (χ4v) is 4.80. The molecule has 0 amide bonds. The topological polar surface area (TPSA) is 65.9 Å². The number of nitrogens with zero attached hydrogens (tertiary/aromatic N) is 3. The quantitative estimate of drug-likeness (QED) is 0.867. The summed E-state index contributed by atoms with van der Waals surface area (Å²) in [6.45, 7) is 5.38. The standard InChI is InChI=1S/C19H23N3O3S/c23-18(24)17-13-21(12-16(17)14-4-2-1-3-5-14)11-15-10-20-19(26-15)22-6-8-25-9-7-22/h1-5,10,16-17H,6-9,11-13H2,(H,23,24)/t16-,17+/m0/s1. The van der Waals surface area contributed by atoms with E-state index < -0.39 is 5.97 Å². The second kappa shape index (κ2) is 7.73. The minimum Gasteiger partial charge on any atom is -0.481 e. The molecule has 1 N–H and O–H groups in total. The predicted octanol–water partition coefficient (Wildman–Crippen LogP) is 2.28. The van der Waals surface area contributed by atoms with Gasteiger partial charge in [0.2, 0.25) is 0 Å². The highest BCUT2D eigenvalue weighted by atomic mass is 32.1. The van der Waals surface area contributed by atoms with Crippen LogP contribution in [0, 0.1) is 5.92 Å². The molecule has 0 unspecified atom stereocenters. The van der Waals surface area contributed by atoms with E-state index in [0.717, 1.165) is 50.1 Å². The molecule has 1 aromatic carbocycles. The van der Waals surface area contributed by atoms with E-state index in [4.69, 9.17) is 4.74 Å². The van der Waals surface area contributed by atoms with Crippen LogP contribution in [0.15, 0.2) is 36.5 Å². The Kier molecular flexibility index (Phi) is 5.19. The Morgan fingerprint density at radius 2 is 2.00 bits per heavy atom. The molecule has 2 saturated heterocycles. The van der Waals surface area contributed by atoms with Gasteiger partial charge in [0.15, 0.2) is 5.13 Å². The van der Waals surface area contributed by atoms with Crippen LogP contribution in [0.3, 0.4) is 0 Å². The first-order chi connectivity index (χ1) is 12.7. The maximum atomic E-state index is 11.7. The fourth-order valence-electron chi connectivity index (χ4n) is 3.79. The van der Waals surface area contributed by atoms with Gasteiger partial charge in [-0.2, -0.15) is 0 Å². The Morgan fingerprint density at radius 3 is 2.73 bits per heavy atom. The van der Waals surface area contributed by atoms with Gasteiger partial charge in [0.1, 0.15) is 0 Å². The van der Waals surface area contributed by atoms with Crippen molar-refractivity contribution in [1.82, 2.24) is 9.88 Å². The van der Waals surface area contributed by atoms with Crippen LogP contribution in [0.25, 0.3) is 0 Å². The van der Waals surface area contributed by atoms with Crippen LogP contribution < -0.4 is 4.90 Å². The minimum absolute atomic E-state index is 0.0420. The van der Waals surface area contributed by atoms with E-state index in [0.29, 0.717) is 6.54 Å². The van der Waals surface area contributed by atoms with Crippen molar-refractivity contribution in [2.75, 3.05) is 44.3 Å². The third kappa shape index (κ3) is 3.75. The summed E-state index contributed by atoms with van der Waals surface area (Å²) >= 11 is 1.70. The van der Waals surface area contributed by atoms with E-state index in [-0.39, 0.29) is 11.8 Å². The van der Waals surface area contributed by atoms with E-state index in [1.54, 1.807) is 11.3 Å². The normalized spacial score (nSPS) is 24.1. The first kappa shape index (κ1) is 17.5. The van der Waals surface area contributed by atoms with Gasteiger partial charge in [0.25, 0.3) is 0 Å². The number of hydrogen-bond acceptors (Lipinski definition) is 6. The molecule has 0 aliphatic carbocycles. The molecule has 2 aliphatic heterocycles. The Morgan fingerprint density at radius 1 is 1.23 bits per heavy atom. The molecule has 6 nitrogen and oxygen atoms in total. The molecule has 3 heterocycles. The lowest BCUT2D eigenvalue weighted by molar-refractivity contribution is -0.141. The minimum atomic E-state index is -0.709. The molecule has 7 heteroatoms. The number of carboxylic acids is 1. The molecule has 0 radical (unpaired) electrons. The average Bonchev–Trinajstić information content (AvgIpc) is 3.31. The molecular formula is C19H23N3O3S. The monoisotopic (exact) mass is 373 g/mol. The van der Waals surface area contributed by atoms with Crippen molar-refractivity contribution in [2.45, 2.75) is 12.5 Å². The van der Waals surface area contributed by atoms with Crippen LogP contribution in [-0.2, 0) is 16.1 Å². The first-order valence-electron chi connectivity index (χ1n) is 8.98. The number of likely N-dealkylation sites (tertiary alicyclic amines) is 1. The number of aliphatic carboxylic acids is 1.